The number of aromatic nitrogens is 2. The average Bonchev–Trinajstić information content (AvgIpc) is 3.10. The van der Waals surface area contributed by atoms with Crippen LogP contribution in [0.15, 0.2) is 36.5 Å². The predicted octanol–water partition coefficient (Wildman–Crippen LogP) is 2.54. The highest BCUT2D eigenvalue weighted by Crippen LogP contribution is 2.22. The number of ether oxygens (including phenoxy) is 1. The maximum atomic E-state index is 14.2. The summed E-state index contributed by atoms with van der Waals surface area (Å²) in [5.41, 5.74) is 1.05. The number of H-pyrrole nitrogens is 1. The van der Waals surface area contributed by atoms with Gasteiger partial charge in [0.15, 0.2) is 0 Å². The average molecular weight is 451 g/mol. The van der Waals surface area contributed by atoms with Crippen LogP contribution in [-0.4, -0.2) is 58.2 Å². The molecule has 7 nitrogen and oxygen atoms in total. The number of aliphatic hydroxyl groups is 1. The first kappa shape index (κ1) is 21.6. The van der Waals surface area contributed by atoms with Gasteiger partial charge in [-0.25, -0.2) is 13.8 Å². The number of likely N-dealkylation sites (N-methyl/N-ethyl adjacent to an activating group) is 1. The molecule has 1 saturated heterocycles. The predicted molar refractivity (Wildman–Crippen MR) is 110 cm³/mol. The van der Waals surface area contributed by atoms with E-state index in [0.29, 0.717) is 35.0 Å². The fourth-order valence-electron chi connectivity index (χ4n) is 3.43. The number of carbonyl (C=O) groups excluding carboxylic acids is 1. The van der Waals surface area contributed by atoms with Crippen LogP contribution in [0.5, 0.6) is 0 Å². The van der Waals surface area contributed by atoms with E-state index >= 15 is 0 Å². The lowest BCUT2D eigenvalue weighted by atomic mass is 10.0. The van der Waals surface area contributed by atoms with E-state index in [2.05, 4.69) is 15.3 Å². The maximum Gasteiger partial charge on any atom is 0.240 e. The van der Waals surface area contributed by atoms with Crippen molar-refractivity contribution in [3.8, 4) is 0 Å². The summed E-state index contributed by atoms with van der Waals surface area (Å²) in [5.74, 6) is -1.80. The minimum absolute atomic E-state index is 0.0791. The van der Waals surface area contributed by atoms with Crippen molar-refractivity contribution in [3.05, 3.63) is 64.4 Å². The first-order chi connectivity index (χ1) is 14.8. The molecule has 0 aliphatic carbocycles. The molecule has 1 aliphatic rings. The number of nitrogens with one attached hydrogen (secondary N) is 2. The van der Waals surface area contributed by atoms with Crippen molar-refractivity contribution in [3.63, 3.8) is 0 Å². The zero-order valence-electron chi connectivity index (χ0n) is 16.6. The largest absolute Gasteiger partial charge is 0.377 e. The van der Waals surface area contributed by atoms with Crippen LogP contribution in [0.4, 0.5) is 8.78 Å². The molecule has 10 heteroatoms. The van der Waals surface area contributed by atoms with Gasteiger partial charge in [-0.15, -0.1) is 0 Å². The van der Waals surface area contributed by atoms with Crippen molar-refractivity contribution in [2.75, 3.05) is 20.3 Å². The standard InChI is InChI=1S/C21H21ClF2N4O3/c1-28(15-9-31-10-15)21(30)18(5-11-2-3-14(23)7-16(11)24)27-20(29)17-6-12-4-13(22)8-25-19(12)26-17/h2-4,6-8,15,18,20,27,29H,5,9-10H2,1H3,(H,25,26)/t18-,20?/m0/s1. The Kier molecular flexibility index (Phi) is 6.19. The SMILES string of the molecule is CN(C(=O)[C@H](Cc1ccc(F)cc1F)NC(O)c1cc2cc(Cl)cnc2[nH]1)C1COC1. The number of nitrogens with zero attached hydrogens (tertiary/aromatic N) is 2. The molecule has 1 fully saturated rings. The third-order valence-corrected chi connectivity index (χ3v) is 5.57. The van der Waals surface area contributed by atoms with Gasteiger partial charge in [0, 0.05) is 24.7 Å². The highest BCUT2D eigenvalue weighted by molar-refractivity contribution is 6.31. The molecule has 3 N–H and O–H groups in total. The van der Waals surface area contributed by atoms with Crippen LogP contribution in [0.25, 0.3) is 11.0 Å². The number of amides is 1. The summed E-state index contributed by atoms with van der Waals surface area (Å²) in [5, 5.41) is 14.7. The number of pyridine rings is 1. The molecule has 0 radical (unpaired) electrons. The zero-order valence-corrected chi connectivity index (χ0v) is 17.4. The molecule has 1 aliphatic heterocycles. The number of rotatable bonds is 7. The number of carbonyl (C=O) groups is 1. The summed E-state index contributed by atoms with van der Waals surface area (Å²) in [6.07, 6.45) is 0.129. The molecular weight excluding hydrogens is 430 g/mol. The van der Waals surface area contributed by atoms with Crippen molar-refractivity contribution in [2.45, 2.75) is 24.7 Å². The normalized spacial score (nSPS) is 16.2. The summed E-state index contributed by atoms with van der Waals surface area (Å²) in [6, 6.07) is 5.49. The number of aromatic amines is 1. The lowest BCUT2D eigenvalue weighted by Gasteiger charge is -2.37. The molecule has 3 aromatic rings. The molecule has 1 unspecified atom stereocenters. The monoisotopic (exact) mass is 450 g/mol. The van der Waals surface area contributed by atoms with Crippen LogP contribution >= 0.6 is 11.6 Å². The minimum atomic E-state index is -1.27. The molecule has 2 aromatic heterocycles. The van der Waals surface area contributed by atoms with Crippen molar-refractivity contribution < 1.29 is 23.4 Å². The summed E-state index contributed by atoms with van der Waals surface area (Å²) in [4.78, 5) is 21.7. The van der Waals surface area contributed by atoms with Crippen LogP contribution in [0.2, 0.25) is 5.02 Å². The summed E-state index contributed by atoms with van der Waals surface area (Å²) in [6.45, 7) is 0.827. The number of hydrogen-bond acceptors (Lipinski definition) is 5. The Bertz CT molecular complexity index is 1110. The maximum absolute atomic E-state index is 14.2. The fourth-order valence-corrected chi connectivity index (χ4v) is 3.60. The molecule has 31 heavy (non-hydrogen) atoms. The van der Waals surface area contributed by atoms with Crippen molar-refractivity contribution >= 4 is 28.5 Å². The van der Waals surface area contributed by atoms with Gasteiger partial charge < -0.3 is 19.7 Å². The lowest BCUT2D eigenvalue weighted by molar-refractivity contribution is -0.145. The van der Waals surface area contributed by atoms with E-state index in [1.54, 1.807) is 19.2 Å². The Balaban J connectivity index is 1.58. The fraction of sp³-hybridized carbons (Fsp3) is 0.333. The first-order valence-corrected chi connectivity index (χ1v) is 10.1. The van der Waals surface area contributed by atoms with Gasteiger partial charge in [0.05, 0.1) is 36.0 Å². The number of fused-ring (bicyclic) bond motifs is 1. The Labute approximate surface area is 182 Å². The third-order valence-electron chi connectivity index (χ3n) is 5.36. The second-order valence-corrected chi connectivity index (χ2v) is 7.95. The molecule has 164 valence electrons. The number of halogens is 3. The van der Waals surface area contributed by atoms with E-state index in [1.807, 2.05) is 0 Å². The molecule has 4 rings (SSSR count). The molecule has 0 saturated carbocycles. The molecule has 1 amide bonds. The molecule has 0 bridgehead atoms. The van der Waals surface area contributed by atoms with Crippen molar-refractivity contribution in [2.24, 2.45) is 0 Å². The van der Waals surface area contributed by atoms with Gasteiger partial charge in [0.1, 0.15) is 23.5 Å². The number of benzene rings is 1. The van der Waals surface area contributed by atoms with E-state index in [9.17, 15) is 18.7 Å². The molecule has 0 spiro atoms. The molecule has 3 heterocycles. The van der Waals surface area contributed by atoms with E-state index in [-0.39, 0.29) is 23.9 Å². The topological polar surface area (TPSA) is 90.5 Å². The summed E-state index contributed by atoms with van der Waals surface area (Å²) >= 11 is 5.96. The second kappa shape index (κ2) is 8.88. The van der Waals surface area contributed by atoms with Crippen molar-refractivity contribution in [1.82, 2.24) is 20.2 Å². The highest BCUT2D eigenvalue weighted by Gasteiger charge is 2.33. The molecular formula is C21H21ClF2N4O3. The quantitative estimate of drug-likeness (QED) is 0.481. The highest BCUT2D eigenvalue weighted by atomic mass is 35.5. The van der Waals surface area contributed by atoms with Crippen LogP contribution in [0, 0.1) is 11.6 Å². The van der Waals surface area contributed by atoms with Gasteiger partial charge >= 0.3 is 0 Å². The number of aliphatic hydroxyl groups excluding tert-OH is 1. The smallest absolute Gasteiger partial charge is 0.240 e. The van der Waals surface area contributed by atoms with E-state index in [1.165, 1.54) is 17.2 Å². The van der Waals surface area contributed by atoms with Gasteiger partial charge in [-0.3, -0.25) is 10.1 Å². The van der Waals surface area contributed by atoms with E-state index in [4.69, 9.17) is 16.3 Å². The summed E-state index contributed by atoms with van der Waals surface area (Å²) in [7, 11) is 1.63. The van der Waals surface area contributed by atoms with Crippen LogP contribution < -0.4 is 5.32 Å². The molecule has 1 aromatic carbocycles. The van der Waals surface area contributed by atoms with E-state index in [0.717, 1.165) is 12.1 Å². The Morgan fingerprint density at radius 2 is 2.16 bits per heavy atom. The third kappa shape index (κ3) is 4.69. The van der Waals surface area contributed by atoms with Gasteiger partial charge in [0.2, 0.25) is 5.91 Å². The van der Waals surface area contributed by atoms with Gasteiger partial charge in [0.25, 0.3) is 0 Å². The summed E-state index contributed by atoms with van der Waals surface area (Å²) < 4.78 is 32.7. The zero-order chi connectivity index (χ0) is 22.1. The minimum Gasteiger partial charge on any atom is -0.377 e. The van der Waals surface area contributed by atoms with Crippen LogP contribution in [0.3, 0.4) is 0 Å². The second-order valence-electron chi connectivity index (χ2n) is 7.52. The Morgan fingerprint density at radius 1 is 1.39 bits per heavy atom. The van der Waals surface area contributed by atoms with Gasteiger partial charge in [-0.05, 0) is 30.2 Å². The van der Waals surface area contributed by atoms with E-state index < -0.39 is 23.9 Å². The Hall–Kier alpha value is -2.59. The van der Waals surface area contributed by atoms with Crippen LogP contribution in [-0.2, 0) is 16.0 Å². The lowest BCUT2D eigenvalue weighted by Crippen LogP contribution is -2.56. The number of hydrogen-bond donors (Lipinski definition) is 3. The first-order valence-electron chi connectivity index (χ1n) is 9.68. The van der Waals surface area contributed by atoms with Gasteiger partial charge in [-0.1, -0.05) is 17.7 Å². The van der Waals surface area contributed by atoms with Gasteiger partial charge in [-0.2, -0.15) is 0 Å². The molecule has 2 atom stereocenters. The van der Waals surface area contributed by atoms with Crippen LogP contribution in [0.1, 0.15) is 17.5 Å². The van der Waals surface area contributed by atoms with Crippen molar-refractivity contribution in [1.29, 1.82) is 0 Å². The Morgan fingerprint density at radius 3 is 2.84 bits per heavy atom.